The van der Waals surface area contributed by atoms with Gasteiger partial charge in [0.05, 0.1) is 11.3 Å². The lowest BCUT2D eigenvalue weighted by Crippen LogP contribution is -1.97. The number of phenols is 1. The molecule has 0 bridgehead atoms. The second kappa shape index (κ2) is 6.36. The Labute approximate surface area is 136 Å². The number of pyridine rings is 1. The molecule has 0 aliphatic rings. The molecule has 0 aliphatic carbocycles. The van der Waals surface area contributed by atoms with E-state index in [0.717, 1.165) is 33.4 Å². The third-order valence-electron chi connectivity index (χ3n) is 3.59. The molecule has 0 amide bonds. The number of hydrogen-bond acceptors (Lipinski definition) is 4. The van der Waals surface area contributed by atoms with Crippen molar-refractivity contribution in [2.45, 2.75) is 12.7 Å². The number of nitrogens with zero attached hydrogens (tertiary/aromatic N) is 1. The number of phenolic OH excluding ortho intramolecular Hbond substituents is 1. The number of fused-ring (bicyclic) bond motifs is 1. The lowest BCUT2D eigenvalue weighted by Gasteiger charge is -2.13. The van der Waals surface area contributed by atoms with Gasteiger partial charge in [0, 0.05) is 29.0 Å². The van der Waals surface area contributed by atoms with Crippen molar-refractivity contribution in [1.29, 1.82) is 0 Å². The normalized spacial score (nSPS) is 12.3. The second-order valence-corrected chi connectivity index (χ2v) is 6.23. The van der Waals surface area contributed by atoms with Gasteiger partial charge in [0.1, 0.15) is 5.75 Å². The van der Waals surface area contributed by atoms with Gasteiger partial charge in [0.25, 0.3) is 0 Å². The van der Waals surface area contributed by atoms with Gasteiger partial charge in [-0.1, -0.05) is 12.1 Å². The third kappa shape index (κ3) is 3.49. The van der Waals surface area contributed by atoms with E-state index in [0.29, 0.717) is 0 Å². The average Bonchev–Trinajstić information content (AvgIpc) is 2.51. The maximum absolute atomic E-state index is 11.0. The van der Waals surface area contributed by atoms with Crippen LogP contribution in [-0.4, -0.2) is 18.9 Å². The molecule has 3 aromatic rings. The Kier molecular flexibility index (Phi) is 4.27. The van der Waals surface area contributed by atoms with Crippen LogP contribution in [0, 0.1) is 6.92 Å². The van der Waals surface area contributed by atoms with E-state index < -0.39 is 11.1 Å². The largest absolute Gasteiger partial charge is 0.508 e. The molecule has 1 unspecified atom stereocenters. The molecule has 5 nitrogen and oxygen atoms in total. The lowest BCUT2D eigenvalue weighted by atomic mass is 10.1. The molecule has 0 spiro atoms. The van der Waals surface area contributed by atoms with Crippen molar-refractivity contribution in [1.82, 2.24) is 4.98 Å². The Hall–Kier alpha value is -2.44. The molecular weight excluding hydrogens is 312 g/mol. The van der Waals surface area contributed by atoms with Crippen LogP contribution in [0.1, 0.15) is 11.1 Å². The van der Waals surface area contributed by atoms with Crippen molar-refractivity contribution in [3.63, 3.8) is 0 Å². The SMILES string of the molecule is Cc1ccc(O)cc1Nc1ccnc2ccc(CS(=O)O)cc12. The van der Waals surface area contributed by atoms with E-state index in [4.69, 9.17) is 4.55 Å². The summed E-state index contributed by atoms with van der Waals surface area (Å²) in [4.78, 5) is 4.32. The highest BCUT2D eigenvalue weighted by molar-refractivity contribution is 7.78. The predicted octanol–water partition coefficient (Wildman–Crippen LogP) is 3.71. The summed E-state index contributed by atoms with van der Waals surface area (Å²) in [6.07, 6.45) is 1.70. The molecule has 3 rings (SSSR count). The Balaban J connectivity index is 2.05. The molecule has 6 heteroatoms. The molecule has 0 saturated carbocycles. The first-order valence-corrected chi connectivity index (χ1v) is 8.32. The first-order valence-electron chi connectivity index (χ1n) is 7.04. The van der Waals surface area contributed by atoms with Crippen LogP contribution in [-0.2, 0) is 16.8 Å². The summed E-state index contributed by atoms with van der Waals surface area (Å²) in [5.41, 5.74) is 4.19. The van der Waals surface area contributed by atoms with Gasteiger partial charge >= 0.3 is 0 Å². The van der Waals surface area contributed by atoms with Gasteiger partial charge in [-0.3, -0.25) is 4.98 Å². The van der Waals surface area contributed by atoms with Crippen LogP contribution in [0.15, 0.2) is 48.7 Å². The number of aryl methyl sites for hydroxylation is 1. The number of rotatable bonds is 4. The highest BCUT2D eigenvalue weighted by Crippen LogP contribution is 2.29. The number of aromatic nitrogens is 1. The number of aromatic hydroxyl groups is 1. The standard InChI is InChI=1S/C17H16N2O3S/c1-11-2-4-13(20)9-17(11)19-16-6-7-18-15-5-3-12(8-14(15)16)10-23(21)22/h2-9,20H,10H2,1H3,(H,18,19)(H,21,22). The second-order valence-electron chi connectivity index (χ2n) is 5.30. The zero-order valence-corrected chi connectivity index (χ0v) is 13.3. The monoisotopic (exact) mass is 328 g/mol. The van der Waals surface area contributed by atoms with Gasteiger partial charge in [0.2, 0.25) is 0 Å². The van der Waals surface area contributed by atoms with Crippen LogP contribution in [0.3, 0.4) is 0 Å². The van der Waals surface area contributed by atoms with Gasteiger partial charge in [0.15, 0.2) is 11.1 Å². The summed E-state index contributed by atoms with van der Waals surface area (Å²) < 4.78 is 20.1. The van der Waals surface area contributed by atoms with E-state index in [-0.39, 0.29) is 11.5 Å². The molecule has 0 radical (unpaired) electrons. The summed E-state index contributed by atoms with van der Waals surface area (Å²) in [6, 6.07) is 12.5. The minimum absolute atomic E-state index is 0.0788. The van der Waals surface area contributed by atoms with E-state index in [1.54, 1.807) is 24.4 Å². The highest BCUT2D eigenvalue weighted by Gasteiger charge is 2.07. The average molecular weight is 328 g/mol. The third-order valence-corrected chi connectivity index (χ3v) is 4.17. The van der Waals surface area contributed by atoms with Gasteiger partial charge < -0.3 is 15.0 Å². The summed E-state index contributed by atoms with van der Waals surface area (Å²) in [5.74, 6) is 0.267. The minimum Gasteiger partial charge on any atom is -0.508 e. The molecule has 1 heterocycles. The van der Waals surface area contributed by atoms with Gasteiger partial charge in [-0.2, -0.15) is 0 Å². The van der Waals surface area contributed by atoms with Gasteiger partial charge in [-0.05, 0) is 42.3 Å². The van der Waals surface area contributed by atoms with E-state index in [1.807, 2.05) is 31.2 Å². The summed E-state index contributed by atoms with van der Waals surface area (Å²) in [5, 5.41) is 13.8. The number of anilines is 2. The molecule has 1 aromatic heterocycles. The number of nitrogens with one attached hydrogen (secondary N) is 1. The molecule has 23 heavy (non-hydrogen) atoms. The van der Waals surface area contributed by atoms with E-state index in [1.165, 1.54) is 0 Å². The van der Waals surface area contributed by atoms with Crippen molar-refractivity contribution in [3.05, 3.63) is 59.8 Å². The Morgan fingerprint density at radius 2 is 1.96 bits per heavy atom. The molecule has 0 saturated heterocycles. The predicted molar refractivity (Wildman–Crippen MR) is 92.3 cm³/mol. The highest BCUT2D eigenvalue weighted by atomic mass is 32.2. The maximum Gasteiger partial charge on any atom is 0.157 e. The molecule has 118 valence electrons. The van der Waals surface area contributed by atoms with Gasteiger partial charge in [-0.15, -0.1) is 0 Å². The van der Waals surface area contributed by atoms with Crippen molar-refractivity contribution < 1.29 is 13.9 Å². The van der Waals surface area contributed by atoms with Crippen LogP contribution < -0.4 is 5.32 Å². The number of hydrogen-bond donors (Lipinski definition) is 3. The molecule has 1 atom stereocenters. The fourth-order valence-electron chi connectivity index (χ4n) is 2.42. The number of benzene rings is 2. The van der Waals surface area contributed by atoms with E-state index >= 15 is 0 Å². The molecule has 2 aromatic carbocycles. The van der Waals surface area contributed by atoms with Gasteiger partial charge in [-0.25, -0.2) is 4.21 Å². The zero-order chi connectivity index (χ0) is 16.4. The fourth-order valence-corrected chi connectivity index (χ4v) is 2.89. The van der Waals surface area contributed by atoms with Crippen LogP contribution >= 0.6 is 0 Å². The van der Waals surface area contributed by atoms with E-state index in [2.05, 4.69) is 10.3 Å². The zero-order valence-electron chi connectivity index (χ0n) is 12.5. The Bertz CT molecular complexity index is 896. The smallest absolute Gasteiger partial charge is 0.157 e. The first-order chi connectivity index (χ1) is 11.0. The van der Waals surface area contributed by atoms with E-state index in [9.17, 15) is 9.32 Å². The summed E-state index contributed by atoms with van der Waals surface area (Å²) in [6.45, 7) is 1.95. The molecule has 3 N–H and O–H groups in total. The van der Waals surface area contributed by atoms with Crippen LogP contribution in [0.4, 0.5) is 11.4 Å². The molecule has 0 fully saturated rings. The molecular formula is C17H16N2O3S. The Morgan fingerprint density at radius 1 is 1.13 bits per heavy atom. The minimum atomic E-state index is -1.88. The van der Waals surface area contributed by atoms with Crippen LogP contribution in [0.25, 0.3) is 10.9 Å². The van der Waals surface area contributed by atoms with Crippen LogP contribution in [0.5, 0.6) is 5.75 Å². The van der Waals surface area contributed by atoms with Crippen molar-refractivity contribution in [3.8, 4) is 5.75 Å². The van der Waals surface area contributed by atoms with Crippen molar-refractivity contribution in [2.75, 3.05) is 5.32 Å². The summed E-state index contributed by atoms with van der Waals surface area (Å²) in [7, 11) is 0. The topological polar surface area (TPSA) is 82.5 Å². The first kappa shape index (κ1) is 15.5. The summed E-state index contributed by atoms with van der Waals surface area (Å²) >= 11 is -1.88. The fraction of sp³-hybridized carbons (Fsp3) is 0.118. The molecule has 0 aliphatic heterocycles. The van der Waals surface area contributed by atoms with Crippen molar-refractivity contribution >= 4 is 33.4 Å². The Morgan fingerprint density at radius 3 is 2.74 bits per heavy atom. The maximum atomic E-state index is 11.0. The van der Waals surface area contributed by atoms with Crippen LogP contribution in [0.2, 0.25) is 0 Å². The van der Waals surface area contributed by atoms with Crippen molar-refractivity contribution in [2.24, 2.45) is 0 Å². The quantitative estimate of drug-likeness (QED) is 0.636. The lowest BCUT2D eigenvalue weighted by molar-refractivity contribution is 0.475.